The molecule has 0 saturated heterocycles. The Labute approximate surface area is 113 Å². The Morgan fingerprint density at radius 2 is 2.00 bits per heavy atom. The van der Waals surface area contributed by atoms with Crippen molar-refractivity contribution in [2.45, 2.75) is 38.1 Å². The van der Waals surface area contributed by atoms with E-state index >= 15 is 0 Å². The molecule has 0 radical (unpaired) electrons. The molecular formula is C13H20FNO3S. The Hall–Kier alpha value is -0.980. The average Bonchev–Trinajstić information content (AvgIpc) is 2.31. The van der Waals surface area contributed by atoms with Gasteiger partial charge >= 0.3 is 0 Å². The van der Waals surface area contributed by atoms with Crippen LogP contribution >= 0.6 is 0 Å². The molecule has 19 heavy (non-hydrogen) atoms. The maximum absolute atomic E-state index is 13.4. The molecule has 0 saturated carbocycles. The molecule has 1 aromatic carbocycles. The fourth-order valence-corrected chi connectivity index (χ4v) is 3.11. The van der Waals surface area contributed by atoms with Crippen LogP contribution in [0.1, 0.15) is 25.8 Å². The molecule has 108 valence electrons. The number of hydrogen-bond acceptors (Lipinski definition) is 3. The van der Waals surface area contributed by atoms with Gasteiger partial charge in [0, 0.05) is 12.6 Å². The fraction of sp³-hybridized carbons (Fsp3) is 0.538. The summed E-state index contributed by atoms with van der Waals surface area (Å²) in [6.07, 6.45) is 0.325. The van der Waals surface area contributed by atoms with Crippen LogP contribution in [-0.2, 0) is 10.0 Å². The van der Waals surface area contributed by atoms with Gasteiger partial charge in [-0.15, -0.1) is 0 Å². The second-order valence-electron chi connectivity index (χ2n) is 4.90. The molecule has 2 N–H and O–H groups in total. The lowest BCUT2D eigenvalue weighted by Gasteiger charge is -2.21. The SMILES string of the molecule is Cc1ccc(S(=O)(=O)NC(CCO)C(C)C)cc1F. The Bertz CT molecular complexity index is 529. The van der Waals surface area contributed by atoms with E-state index in [1.165, 1.54) is 12.1 Å². The van der Waals surface area contributed by atoms with Crippen molar-refractivity contribution in [3.8, 4) is 0 Å². The van der Waals surface area contributed by atoms with E-state index in [0.29, 0.717) is 12.0 Å². The van der Waals surface area contributed by atoms with E-state index in [9.17, 15) is 12.8 Å². The van der Waals surface area contributed by atoms with Crippen LogP contribution in [0.5, 0.6) is 0 Å². The van der Waals surface area contributed by atoms with Crippen molar-refractivity contribution < 1.29 is 17.9 Å². The predicted octanol–water partition coefficient (Wildman–Crippen LogP) is 1.82. The quantitative estimate of drug-likeness (QED) is 0.839. The molecule has 0 amide bonds. The number of nitrogens with one attached hydrogen (secondary N) is 1. The van der Waals surface area contributed by atoms with Crippen LogP contribution in [0.15, 0.2) is 23.1 Å². The summed E-state index contributed by atoms with van der Waals surface area (Å²) in [5, 5.41) is 8.94. The van der Waals surface area contributed by atoms with E-state index in [0.717, 1.165) is 6.07 Å². The third kappa shape index (κ3) is 4.26. The number of benzene rings is 1. The van der Waals surface area contributed by atoms with Gasteiger partial charge in [0.15, 0.2) is 0 Å². The van der Waals surface area contributed by atoms with E-state index in [4.69, 9.17) is 5.11 Å². The largest absolute Gasteiger partial charge is 0.396 e. The van der Waals surface area contributed by atoms with Crippen molar-refractivity contribution in [1.82, 2.24) is 4.72 Å². The highest BCUT2D eigenvalue weighted by Crippen LogP contribution is 2.16. The van der Waals surface area contributed by atoms with Crippen LogP contribution in [0.4, 0.5) is 4.39 Å². The normalized spacial score (nSPS) is 13.8. The Morgan fingerprint density at radius 3 is 2.47 bits per heavy atom. The van der Waals surface area contributed by atoms with Crippen molar-refractivity contribution in [3.05, 3.63) is 29.6 Å². The summed E-state index contributed by atoms with van der Waals surface area (Å²) in [5.41, 5.74) is 0.398. The molecule has 1 aromatic rings. The van der Waals surface area contributed by atoms with Gasteiger partial charge in [-0.1, -0.05) is 19.9 Å². The maximum Gasteiger partial charge on any atom is 0.240 e. The second kappa shape index (κ2) is 6.45. The molecule has 1 atom stereocenters. The van der Waals surface area contributed by atoms with E-state index < -0.39 is 15.8 Å². The number of rotatable bonds is 6. The molecule has 0 aliphatic rings. The Balaban J connectivity index is 2.99. The number of aliphatic hydroxyl groups is 1. The van der Waals surface area contributed by atoms with E-state index in [-0.39, 0.29) is 23.5 Å². The van der Waals surface area contributed by atoms with Crippen LogP contribution in [0.2, 0.25) is 0 Å². The van der Waals surface area contributed by atoms with Crippen LogP contribution in [0.25, 0.3) is 0 Å². The first kappa shape index (κ1) is 16.1. The van der Waals surface area contributed by atoms with Crippen LogP contribution in [0.3, 0.4) is 0 Å². The molecular weight excluding hydrogens is 269 g/mol. The smallest absolute Gasteiger partial charge is 0.240 e. The molecule has 0 aliphatic carbocycles. The molecule has 1 unspecified atom stereocenters. The van der Waals surface area contributed by atoms with Gasteiger partial charge in [-0.2, -0.15) is 0 Å². The Kier molecular flexibility index (Phi) is 5.46. The van der Waals surface area contributed by atoms with Crippen LogP contribution < -0.4 is 4.72 Å². The number of halogens is 1. The van der Waals surface area contributed by atoms with Gasteiger partial charge in [0.05, 0.1) is 4.90 Å². The van der Waals surface area contributed by atoms with Crippen molar-refractivity contribution in [3.63, 3.8) is 0 Å². The van der Waals surface area contributed by atoms with Gasteiger partial charge in [0.2, 0.25) is 10.0 Å². The average molecular weight is 289 g/mol. The zero-order chi connectivity index (χ0) is 14.6. The van der Waals surface area contributed by atoms with Crippen LogP contribution in [0, 0.1) is 18.7 Å². The third-order valence-corrected chi connectivity index (χ3v) is 4.49. The minimum atomic E-state index is -3.77. The summed E-state index contributed by atoms with van der Waals surface area (Å²) in [5.74, 6) is -0.511. The van der Waals surface area contributed by atoms with Gasteiger partial charge in [0.25, 0.3) is 0 Å². The molecule has 0 spiro atoms. The van der Waals surface area contributed by atoms with Gasteiger partial charge in [-0.05, 0) is 37.0 Å². The van der Waals surface area contributed by atoms with Gasteiger partial charge in [0.1, 0.15) is 5.82 Å². The zero-order valence-corrected chi connectivity index (χ0v) is 12.2. The summed E-state index contributed by atoms with van der Waals surface area (Å²) >= 11 is 0. The summed E-state index contributed by atoms with van der Waals surface area (Å²) in [7, 11) is -3.77. The summed E-state index contributed by atoms with van der Waals surface area (Å²) in [4.78, 5) is -0.0980. The highest BCUT2D eigenvalue weighted by Gasteiger charge is 2.22. The third-order valence-electron chi connectivity index (χ3n) is 3.00. The first-order valence-electron chi connectivity index (χ1n) is 6.17. The standard InChI is InChI=1S/C13H20FNO3S/c1-9(2)13(6-7-16)15-19(17,18)11-5-4-10(3)12(14)8-11/h4-5,8-9,13,15-16H,6-7H2,1-3H3. The topological polar surface area (TPSA) is 66.4 Å². The number of aliphatic hydroxyl groups excluding tert-OH is 1. The molecule has 1 rings (SSSR count). The van der Waals surface area contributed by atoms with E-state index in [2.05, 4.69) is 4.72 Å². The number of sulfonamides is 1. The Morgan fingerprint density at radius 1 is 1.37 bits per heavy atom. The lowest BCUT2D eigenvalue weighted by Crippen LogP contribution is -2.39. The van der Waals surface area contributed by atoms with Crippen molar-refractivity contribution in [2.75, 3.05) is 6.61 Å². The summed E-state index contributed by atoms with van der Waals surface area (Å²) in [6, 6.07) is 3.44. The zero-order valence-electron chi connectivity index (χ0n) is 11.4. The molecule has 4 nitrogen and oxygen atoms in total. The van der Waals surface area contributed by atoms with Crippen molar-refractivity contribution in [2.24, 2.45) is 5.92 Å². The van der Waals surface area contributed by atoms with E-state index in [1.54, 1.807) is 6.92 Å². The van der Waals surface area contributed by atoms with Crippen LogP contribution in [-0.4, -0.2) is 26.2 Å². The first-order chi connectivity index (χ1) is 8.77. The lowest BCUT2D eigenvalue weighted by atomic mass is 10.0. The van der Waals surface area contributed by atoms with Crippen molar-refractivity contribution >= 4 is 10.0 Å². The maximum atomic E-state index is 13.4. The molecule has 0 bridgehead atoms. The van der Waals surface area contributed by atoms with Gasteiger partial charge < -0.3 is 5.11 Å². The molecule has 6 heteroatoms. The summed E-state index contributed by atoms with van der Waals surface area (Å²) < 4.78 is 40.2. The molecule has 0 aliphatic heterocycles. The van der Waals surface area contributed by atoms with Gasteiger partial charge in [-0.25, -0.2) is 17.5 Å². The van der Waals surface area contributed by atoms with E-state index in [1.807, 2.05) is 13.8 Å². The number of aryl methyl sites for hydroxylation is 1. The predicted molar refractivity (Wildman–Crippen MR) is 71.8 cm³/mol. The first-order valence-corrected chi connectivity index (χ1v) is 7.65. The minimum absolute atomic E-state index is 0.0391. The highest BCUT2D eigenvalue weighted by molar-refractivity contribution is 7.89. The minimum Gasteiger partial charge on any atom is -0.396 e. The summed E-state index contributed by atoms with van der Waals surface area (Å²) in [6.45, 7) is 5.19. The fourth-order valence-electron chi connectivity index (χ4n) is 1.68. The van der Waals surface area contributed by atoms with Gasteiger partial charge in [-0.3, -0.25) is 0 Å². The molecule has 0 heterocycles. The molecule has 0 fully saturated rings. The number of hydrogen-bond donors (Lipinski definition) is 2. The second-order valence-corrected chi connectivity index (χ2v) is 6.61. The monoisotopic (exact) mass is 289 g/mol. The highest BCUT2D eigenvalue weighted by atomic mass is 32.2. The lowest BCUT2D eigenvalue weighted by molar-refractivity contribution is 0.256. The molecule has 0 aromatic heterocycles. The van der Waals surface area contributed by atoms with Crippen molar-refractivity contribution in [1.29, 1.82) is 0 Å².